The van der Waals surface area contributed by atoms with Gasteiger partial charge in [-0.2, -0.15) is 0 Å². The number of rotatable bonds is 9. The lowest BCUT2D eigenvalue weighted by Gasteiger charge is -2.36. The topological polar surface area (TPSA) is 18.1 Å². The number of furan rings is 1. The van der Waals surface area contributed by atoms with E-state index in [1.165, 1.54) is 53.8 Å². The summed E-state index contributed by atoms with van der Waals surface area (Å²) >= 11 is 0. The maximum absolute atomic E-state index is 6.39. The molecule has 0 bridgehead atoms. The van der Waals surface area contributed by atoms with Crippen molar-refractivity contribution in [1.82, 2.24) is 4.57 Å². The van der Waals surface area contributed by atoms with Crippen LogP contribution in [0.25, 0.3) is 93.9 Å². The minimum absolute atomic E-state index is 0.897. The SMILES string of the molecule is c1ccc(-c2cccc([Si](c3ccccc3)(c3ccccc3)c3cc(-c4ccccc4)c(-n4c5ccccc5c5cc(-c6cccc7oc8ccccc8c67)ccc54)c(-c4ccccc4)c3)c2)cc1. The fourth-order valence-corrected chi connectivity index (χ4v) is 15.9. The van der Waals surface area contributed by atoms with Crippen LogP contribution in [0.5, 0.6) is 0 Å². The van der Waals surface area contributed by atoms with E-state index in [2.05, 4.69) is 271 Å². The van der Waals surface area contributed by atoms with Crippen molar-refractivity contribution < 1.29 is 4.42 Å². The van der Waals surface area contributed by atoms with Gasteiger partial charge in [0.15, 0.2) is 8.07 Å². The molecule has 0 atom stereocenters. The zero-order chi connectivity index (χ0) is 45.7. The van der Waals surface area contributed by atoms with Gasteiger partial charge in [0, 0.05) is 32.7 Å². The van der Waals surface area contributed by atoms with E-state index in [0.29, 0.717) is 0 Å². The monoisotopic (exact) mass is 895 g/mol. The number of nitrogens with zero attached hydrogens (tertiary/aromatic N) is 1. The van der Waals surface area contributed by atoms with Crippen molar-refractivity contribution in [2.75, 3.05) is 0 Å². The highest BCUT2D eigenvalue weighted by Gasteiger charge is 2.43. The van der Waals surface area contributed by atoms with Crippen LogP contribution in [0.1, 0.15) is 0 Å². The zero-order valence-corrected chi connectivity index (χ0v) is 38.8. The van der Waals surface area contributed by atoms with E-state index in [1.807, 2.05) is 6.07 Å². The molecule has 2 heterocycles. The largest absolute Gasteiger partial charge is 0.456 e. The highest BCUT2D eigenvalue weighted by atomic mass is 28.3. The molecule has 0 unspecified atom stereocenters. The first-order valence-corrected chi connectivity index (χ1v) is 25.7. The maximum atomic E-state index is 6.39. The van der Waals surface area contributed by atoms with Crippen molar-refractivity contribution in [3.63, 3.8) is 0 Å². The van der Waals surface area contributed by atoms with Crippen LogP contribution in [0.3, 0.4) is 0 Å². The van der Waals surface area contributed by atoms with E-state index >= 15 is 0 Å². The van der Waals surface area contributed by atoms with Gasteiger partial charge in [0.2, 0.25) is 0 Å². The Morgan fingerprint density at radius 2 is 0.768 bits per heavy atom. The van der Waals surface area contributed by atoms with Gasteiger partial charge in [-0.3, -0.25) is 0 Å². The molecule has 11 aromatic carbocycles. The highest BCUT2D eigenvalue weighted by Crippen LogP contribution is 2.44. The highest BCUT2D eigenvalue weighted by molar-refractivity contribution is 7.20. The molecule has 69 heavy (non-hydrogen) atoms. The lowest BCUT2D eigenvalue weighted by molar-refractivity contribution is 0.669. The molecule has 13 aromatic rings. The number of benzene rings is 11. The Hall–Kier alpha value is -8.76. The second-order valence-electron chi connectivity index (χ2n) is 17.9. The van der Waals surface area contributed by atoms with Crippen LogP contribution >= 0.6 is 0 Å². The zero-order valence-electron chi connectivity index (χ0n) is 37.8. The van der Waals surface area contributed by atoms with Gasteiger partial charge in [0.25, 0.3) is 0 Å². The van der Waals surface area contributed by atoms with Gasteiger partial charge >= 0.3 is 0 Å². The Labute approximate surface area is 402 Å². The molecule has 2 aromatic heterocycles. The number of hydrogen-bond acceptors (Lipinski definition) is 1. The lowest BCUT2D eigenvalue weighted by atomic mass is 9.95. The third kappa shape index (κ3) is 6.70. The van der Waals surface area contributed by atoms with E-state index in [4.69, 9.17) is 4.42 Å². The van der Waals surface area contributed by atoms with Crippen molar-refractivity contribution in [1.29, 1.82) is 0 Å². The molecule has 0 saturated carbocycles. The van der Waals surface area contributed by atoms with Crippen LogP contribution < -0.4 is 20.7 Å². The third-order valence-electron chi connectivity index (χ3n) is 14.1. The third-order valence-corrected chi connectivity index (χ3v) is 18.9. The van der Waals surface area contributed by atoms with E-state index in [0.717, 1.165) is 60.9 Å². The normalized spacial score (nSPS) is 11.8. The second-order valence-corrected chi connectivity index (χ2v) is 21.8. The predicted octanol–water partition coefficient (Wildman–Crippen LogP) is 14.7. The van der Waals surface area contributed by atoms with Gasteiger partial charge in [-0.25, -0.2) is 0 Å². The van der Waals surface area contributed by atoms with Gasteiger partial charge in [-0.15, -0.1) is 0 Å². The van der Waals surface area contributed by atoms with Gasteiger partial charge < -0.3 is 8.98 Å². The molecular formula is C66H45NOSi. The molecule has 0 aliphatic rings. The second kappa shape index (κ2) is 16.8. The van der Waals surface area contributed by atoms with Gasteiger partial charge in [0.05, 0.1) is 16.7 Å². The Morgan fingerprint density at radius 1 is 0.275 bits per heavy atom. The Morgan fingerprint density at radius 3 is 1.42 bits per heavy atom. The predicted molar refractivity (Wildman–Crippen MR) is 293 cm³/mol. The molecule has 3 heteroatoms. The fraction of sp³-hybridized carbons (Fsp3) is 0. The average Bonchev–Trinajstić information content (AvgIpc) is 3.98. The molecular weight excluding hydrogens is 851 g/mol. The summed E-state index contributed by atoms with van der Waals surface area (Å²) in [6.45, 7) is 0. The fourth-order valence-electron chi connectivity index (χ4n) is 11.1. The van der Waals surface area contributed by atoms with Gasteiger partial charge in [-0.1, -0.05) is 243 Å². The van der Waals surface area contributed by atoms with Crippen molar-refractivity contribution in [2.24, 2.45) is 0 Å². The molecule has 0 saturated heterocycles. The first kappa shape index (κ1) is 40.5. The van der Waals surface area contributed by atoms with Crippen LogP contribution in [-0.4, -0.2) is 12.6 Å². The molecule has 13 rings (SSSR count). The molecule has 0 amide bonds. The van der Waals surface area contributed by atoms with Crippen LogP contribution in [0.4, 0.5) is 0 Å². The molecule has 0 aliphatic carbocycles. The first-order valence-electron chi connectivity index (χ1n) is 23.7. The molecule has 0 spiro atoms. The number of aromatic nitrogens is 1. The summed E-state index contributed by atoms with van der Waals surface area (Å²) < 4.78 is 8.93. The average molecular weight is 896 g/mol. The van der Waals surface area contributed by atoms with E-state index in [1.54, 1.807) is 0 Å². The van der Waals surface area contributed by atoms with Crippen LogP contribution in [-0.2, 0) is 0 Å². The van der Waals surface area contributed by atoms with Gasteiger partial charge in [0.1, 0.15) is 11.2 Å². The molecule has 0 aliphatic heterocycles. The molecule has 2 nitrogen and oxygen atoms in total. The Kier molecular flexibility index (Phi) is 9.88. The minimum Gasteiger partial charge on any atom is -0.456 e. The molecule has 0 radical (unpaired) electrons. The van der Waals surface area contributed by atoms with Crippen molar-refractivity contribution in [3.05, 3.63) is 273 Å². The van der Waals surface area contributed by atoms with Crippen molar-refractivity contribution in [3.8, 4) is 50.2 Å². The van der Waals surface area contributed by atoms with Crippen LogP contribution in [0, 0.1) is 0 Å². The summed E-state index contributed by atoms with van der Waals surface area (Å²) in [7, 11) is -3.11. The molecule has 0 N–H and O–H groups in total. The van der Waals surface area contributed by atoms with Crippen LogP contribution in [0.2, 0.25) is 0 Å². The number of fused-ring (bicyclic) bond motifs is 6. The smallest absolute Gasteiger partial charge is 0.179 e. The van der Waals surface area contributed by atoms with Crippen LogP contribution in [0.15, 0.2) is 277 Å². The summed E-state index contributed by atoms with van der Waals surface area (Å²) in [5, 5.41) is 9.98. The minimum atomic E-state index is -3.11. The quantitative estimate of drug-likeness (QED) is 0.104. The summed E-state index contributed by atoms with van der Waals surface area (Å²) in [5.41, 5.74) is 14.7. The summed E-state index contributed by atoms with van der Waals surface area (Å²) in [5.74, 6) is 0. The lowest BCUT2D eigenvalue weighted by Crippen LogP contribution is -2.74. The van der Waals surface area contributed by atoms with Crippen molar-refractivity contribution in [2.45, 2.75) is 0 Å². The van der Waals surface area contributed by atoms with E-state index in [-0.39, 0.29) is 0 Å². The summed E-state index contributed by atoms with van der Waals surface area (Å²) in [4.78, 5) is 0. The number of para-hydroxylation sites is 2. The Balaban J connectivity index is 1.15. The molecule has 324 valence electrons. The van der Waals surface area contributed by atoms with E-state index in [9.17, 15) is 0 Å². The molecule has 0 fully saturated rings. The van der Waals surface area contributed by atoms with E-state index < -0.39 is 8.07 Å². The number of hydrogen-bond donors (Lipinski definition) is 0. The maximum Gasteiger partial charge on any atom is 0.179 e. The standard InChI is InChI=1S/C66H45NOSi/c1-6-22-46(23-7-1)49-28-20-33-53(42-49)69(51-29-12-4-13-30-51,52-31-14-5-15-32-52)54-44-58(47-24-8-2-9-25-47)66(59(45-54)48-26-10-3-11-27-48)67-61-37-18-16-34-56(61)60-43-50(40-41-62(60)67)55-36-21-39-64-65(55)57-35-17-19-38-63(57)68-64/h1-45H. The first-order chi connectivity index (χ1) is 34.2. The summed E-state index contributed by atoms with van der Waals surface area (Å²) in [6.07, 6.45) is 0. The Bertz CT molecular complexity index is 3890. The van der Waals surface area contributed by atoms with Gasteiger partial charge in [-0.05, 0) is 84.5 Å². The van der Waals surface area contributed by atoms with Crippen molar-refractivity contribution >= 4 is 72.6 Å². The summed E-state index contributed by atoms with van der Waals surface area (Å²) in [6, 6.07) is 101.